The minimum atomic E-state index is 0.766. The molecular formula is C11H13O. The van der Waals surface area contributed by atoms with Crippen LogP contribution in [-0.2, 0) is 17.6 Å². The first-order chi connectivity index (χ1) is 5.83. The fraction of sp³-hybridized carbons (Fsp3) is 0.364. The quantitative estimate of drug-likeness (QED) is 0.664. The van der Waals surface area contributed by atoms with Gasteiger partial charge in [-0.2, -0.15) is 0 Å². The smallest absolute Gasteiger partial charge is 0.234 e. The Morgan fingerprint density at radius 3 is 2.00 bits per heavy atom. The van der Waals surface area contributed by atoms with Gasteiger partial charge < -0.3 is 0 Å². The summed E-state index contributed by atoms with van der Waals surface area (Å²) in [6.45, 7) is 4.10. The van der Waals surface area contributed by atoms with Gasteiger partial charge in [0.2, 0.25) is 6.29 Å². The Hall–Kier alpha value is -1.11. The van der Waals surface area contributed by atoms with E-state index in [1.165, 1.54) is 0 Å². The summed E-state index contributed by atoms with van der Waals surface area (Å²) in [7, 11) is 0. The second kappa shape index (κ2) is 4.05. The molecule has 0 aliphatic heterocycles. The van der Waals surface area contributed by atoms with Gasteiger partial charge >= 0.3 is 0 Å². The maximum absolute atomic E-state index is 10.6. The predicted octanol–water partition coefficient (Wildman–Crippen LogP) is 2.27. The van der Waals surface area contributed by atoms with Gasteiger partial charge in [-0.15, -0.1) is 0 Å². The summed E-state index contributed by atoms with van der Waals surface area (Å²) in [5.41, 5.74) is 2.97. The zero-order valence-electron chi connectivity index (χ0n) is 7.55. The van der Waals surface area contributed by atoms with Gasteiger partial charge in [0.25, 0.3) is 0 Å². The average Bonchev–Trinajstić information content (AvgIpc) is 2.16. The van der Waals surface area contributed by atoms with Crippen LogP contribution in [0.3, 0.4) is 0 Å². The predicted molar refractivity (Wildman–Crippen MR) is 50.0 cm³/mol. The molecule has 1 rings (SSSR count). The number of aryl methyl sites for hydroxylation is 2. The Labute approximate surface area is 73.4 Å². The van der Waals surface area contributed by atoms with Crippen molar-refractivity contribution in [1.29, 1.82) is 0 Å². The molecular weight excluding hydrogens is 148 g/mol. The normalized spacial score (nSPS) is 9.83. The molecule has 0 saturated heterocycles. The fourth-order valence-corrected chi connectivity index (χ4v) is 1.37. The molecule has 1 heteroatoms. The molecule has 0 aliphatic carbocycles. The first kappa shape index (κ1) is 8.98. The van der Waals surface area contributed by atoms with Crippen molar-refractivity contribution in [2.75, 3.05) is 0 Å². The van der Waals surface area contributed by atoms with Crippen molar-refractivity contribution in [2.24, 2.45) is 0 Å². The molecule has 0 aromatic heterocycles. The summed E-state index contributed by atoms with van der Waals surface area (Å²) >= 11 is 0. The average molecular weight is 161 g/mol. The molecule has 0 amide bonds. The molecule has 1 aromatic rings. The third-order valence-corrected chi connectivity index (χ3v) is 2.10. The Balaban J connectivity index is 3.21. The van der Waals surface area contributed by atoms with Crippen LogP contribution in [0.1, 0.15) is 30.5 Å². The highest BCUT2D eigenvalue weighted by molar-refractivity contribution is 5.80. The number of rotatable bonds is 3. The van der Waals surface area contributed by atoms with Gasteiger partial charge in [-0.3, -0.25) is 4.79 Å². The van der Waals surface area contributed by atoms with Crippen LogP contribution in [0, 0.1) is 0 Å². The molecule has 0 fully saturated rings. The second-order valence-corrected chi connectivity index (χ2v) is 2.76. The zero-order valence-corrected chi connectivity index (χ0v) is 7.55. The van der Waals surface area contributed by atoms with Gasteiger partial charge in [-0.1, -0.05) is 32.0 Å². The van der Waals surface area contributed by atoms with E-state index in [-0.39, 0.29) is 0 Å². The highest BCUT2D eigenvalue weighted by Crippen LogP contribution is 2.13. The van der Waals surface area contributed by atoms with E-state index in [0.29, 0.717) is 0 Å². The molecule has 1 nitrogen and oxygen atoms in total. The van der Waals surface area contributed by atoms with Gasteiger partial charge in [0.05, 0.1) is 0 Å². The van der Waals surface area contributed by atoms with E-state index in [0.717, 1.165) is 29.5 Å². The van der Waals surface area contributed by atoms with E-state index >= 15 is 0 Å². The summed E-state index contributed by atoms with van der Waals surface area (Å²) in [6, 6.07) is 5.97. The van der Waals surface area contributed by atoms with Crippen molar-refractivity contribution in [1.82, 2.24) is 0 Å². The van der Waals surface area contributed by atoms with Crippen LogP contribution in [0.2, 0.25) is 0 Å². The topological polar surface area (TPSA) is 17.1 Å². The van der Waals surface area contributed by atoms with Crippen molar-refractivity contribution >= 4 is 6.29 Å². The van der Waals surface area contributed by atoms with E-state index in [1.807, 2.05) is 24.5 Å². The SMILES string of the molecule is CCc1cccc(CC)c1[C]=O. The number of hydrogen-bond acceptors (Lipinski definition) is 1. The number of carbonyl (C=O) groups excluding carboxylic acids is 1. The number of hydrogen-bond donors (Lipinski definition) is 0. The standard InChI is InChI=1S/C11H13O/c1-3-9-6-5-7-10(4-2)11(9)8-12/h5-7H,3-4H2,1-2H3. The van der Waals surface area contributed by atoms with Crippen molar-refractivity contribution in [3.8, 4) is 0 Å². The maximum atomic E-state index is 10.6. The fourth-order valence-electron chi connectivity index (χ4n) is 1.37. The second-order valence-electron chi connectivity index (χ2n) is 2.76. The van der Waals surface area contributed by atoms with Crippen LogP contribution >= 0.6 is 0 Å². The van der Waals surface area contributed by atoms with Crippen LogP contribution in [0.4, 0.5) is 0 Å². The Morgan fingerprint density at radius 2 is 1.67 bits per heavy atom. The monoisotopic (exact) mass is 161 g/mol. The lowest BCUT2D eigenvalue weighted by Crippen LogP contribution is -1.96. The Morgan fingerprint density at radius 1 is 1.17 bits per heavy atom. The zero-order chi connectivity index (χ0) is 8.97. The lowest BCUT2D eigenvalue weighted by molar-refractivity contribution is 0.562. The highest BCUT2D eigenvalue weighted by atomic mass is 16.1. The molecule has 0 atom stereocenters. The maximum Gasteiger partial charge on any atom is 0.234 e. The Bertz CT molecular complexity index is 254. The van der Waals surface area contributed by atoms with Crippen LogP contribution in [0.25, 0.3) is 0 Å². The van der Waals surface area contributed by atoms with Crippen molar-refractivity contribution in [3.05, 3.63) is 34.9 Å². The molecule has 0 unspecified atom stereocenters. The molecule has 0 N–H and O–H groups in total. The van der Waals surface area contributed by atoms with Gasteiger partial charge in [-0.05, 0) is 24.0 Å². The van der Waals surface area contributed by atoms with Crippen LogP contribution < -0.4 is 0 Å². The molecule has 0 aliphatic rings. The van der Waals surface area contributed by atoms with Crippen molar-refractivity contribution in [3.63, 3.8) is 0 Å². The summed E-state index contributed by atoms with van der Waals surface area (Å²) in [4.78, 5) is 10.6. The highest BCUT2D eigenvalue weighted by Gasteiger charge is 2.04. The molecule has 1 aromatic carbocycles. The van der Waals surface area contributed by atoms with Gasteiger partial charge in [0.15, 0.2) is 0 Å². The van der Waals surface area contributed by atoms with Crippen molar-refractivity contribution < 1.29 is 4.79 Å². The molecule has 0 spiro atoms. The first-order valence-corrected chi connectivity index (χ1v) is 4.32. The molecule has 0 saturated carbocycles. The molecule has 63 valence electrons. The lowest BCUT2D eigenvalue weighted by Gasteiger charge is -2.05. The minimum Gasteiger partial charge on any atom is -0.285 e. The number of benzene rings is 1. The minimum absolute atomic E-state index is 0.766. The van der Waals surface area contributed by atoms with Crippen LogP contribution in [-0.4, -0.2) is 6.29 Å². The summed E-state index contributed by atoms with van der Waals surface area (Å²) < 4.78 is 0. The van der Waals surface area contributed by atoms with Crippen LogP contribution in [0.15, 0.2) is 18.2 Å². The summed E-state index contributed by atoms with van der Waals surface area (Å²) in [5, 5.41) is 0. The molecule has 0 heterocycles. The van der Waals surface area contributed by atoms with Gasteiger partial charge in [0.1, 0.15) is 0 Å². The van der Waals surface area contributed by atoms with Crippen molar-refractivity contribution in [2.45, 2.75) is 26.7 Å². The van der Waals surface area contributed by atoms with Crippen LogP contribution in [0.5, 0.6) is 0 Å². The first-order valence-electron chi connectivity index (χ1n) is 4.32. The largest absolute Gasteiger partial charge is 0.285 e. The van der Waals surface area contributed by atoms with Gasteiger partial charge in [-0.25, -0.2) is 0 Å². The van der Waals surface area contributed by atoms with E-state index in [4.69, 9.17) is 0 Å². The molecule has 12 heavy (non-hydrogen) atoms. The Kier molecular flexibility index (Phi) is 3.03. The van der Waals surface area contributed by atoms with E-state index in [2.05, 4.69) is 13.8 Å². The van der Waals surface area contributed by atoms with E-state index < -0.39 is 0 Å². The van der Waals surface area contributed by atoms with E-state index in [1.54, 1.807) is 0 Å². The summed E-state index contributed by atoms with van der Waals surface area (Å²) in [6.07, 6.45) is 3.82. The molecule has 0 bridgehead atoms. The molecule has 1 radical (unpaired) electrons. The third-order valence-electron chi connectivity index (χ3n) is 2.10. The summed E-state index contributed by atoms with van der Waals surface area (Å²) in [5.74, 6) is 0. The lowest BCUT2D eigenvalue weighted by atomic mass is 9.99. The van der Waals surface area contributed by atoms with Gasteiger partial charge in [0, 0.05) is 5.56 Å². The third kappa shape index (κ3) is 1.55. The van der Waals surface area contributed by atoms with E-state index in [9.17, 15) is 4.79 Å².